The summed E-state index contributed by atoms with van der Waals surface area (Å²) in [4.78, 5) is 11.6. The molecule has 2 N–H and O–H groups in total. The van der Waals surface area contributed by atoms with E-state index in [1.54, 1.807) is 19.2 Å². The van der Waals surface area contributed by atoms with Gasteiger partial charge in [-0.25, -0.2) is 10.2 Å². The molecule has 0 unspecified atom stereocenters. The molecule has 2 amide bonds. The van der Waals surface area contributed by atoms with Gasteiger partial charge in [0.25, 0.3) is 0 Å². The first-order chi connectivity index (χ1) is 10.2. The van der Waals surface area contributed by atoms with Gasteiger partial charge in [0.2, 0.25) is 0 Å². The Hall–Kier alpha value is -2.34. The quantitative estimate of drug-likeness (QED) is 0.655. The number of para-hydroxylation sites is 1. The number of hydrazone groups is 1. The third kappa shape index (κ3) is 4.61. The molecule has 0 fully saturated rings. The summed E-state index contributed by atoms with van der Waals surface area (Å²) in [5, 5.41) is 6.56. The lowest BCUT2D eigenvalue weighted by molar-refractivity contribution is 0.252. The molecule has 0 atom stereocenters. The Morgan fingerprint density at radius 3 is 2.71 bits per heavy atom. The topological polar surface area (TPSA) is 62.7 Å². The van der Waals surface area contributed by atoms with Gasteiger partial charge in [-0.15, -0.1) is 0 Å². The molecule has 0 saturated carbocycles. The second kappa shape index (κ2) is 7.44. The van der Waals surface area contributed by atoms with E-state index in [4.69, 9.17) is 4.74 Å². The fourth-order valence-corrected chi connectivity index (χ4v) is 2.03. The highest BCUT2D eigenvalue weighted by atomic mass is 79.9. The van der Waals surface area contributed by atoms with Crippen molar-refractivity contribution in [1.29, 1.82) is 0 Å². The number of ether oxygens (including phenoxy) is 1. The molecule has 2 rings (SSSR count). The average Bonchev–Trinajstić information content (AvgIpc) is 2.48. The number of halogens is 1. The number of benzene rings is 2. The van der Waals surface area contributed by atoms with Crippen LogP contribution in [0.25, 0.3) is 0 Å². The minimum absolute atomic E-state index is 0.411. The van der Waals surface area contributed by atoms with Crippen LogP contribution in [0.2, 0.25) is 0 Å². The van der Waals surface area contributed by atoms with E-state index in [1.165, 1.54) is 6.21 Å². The van der Waals surface area contributed by atoms with Gasteiger partial charge >= 0.3 is 6.03 Å². The van der Waals surface area contributed by atoms with E-state index in [-0.39, 0.29) is 0 Å². The van der Waals surface area contributed by atoms with Crippen molar-refractivity contribution in [2.24, 2.45) is 5.10 Å². The summed E-state index contributed by atoms with van der Waals surface area (Å²) in [6.45, 7) is 0. The van der Waals surface area contributed by atoms with Crippen LogP contribution in [0.1, 0.15) is 5.56 Å². The van der Waals surface area contributed by atoms with Crippen LogP contribution in [-0.4, -0.2) is 19.4 Å². The van der Waals surface area contributed by atoms with E-state index >= 15 is 0 Å². The predicted molar refractivity (Wildman–Crippen MR) is 86.9 cm³/mol. The summed E-state index contributed by atoms with van der Waals surface area (Å²) in [5.41, 5.74) is 3.85. The normalized spacial score (nSPS) is 10.4. The van der Waals surface area contributed by atoms with Crippen molar-refractivity contribution in [2.75, 3.05) is 12.4 Å². The van der Waals surface area contributed by atoms with Gasteiger partial charge in [-0.1, -0.05) is 34.1 Å². The van der Waals surface area contributed by atoms with Crippen molar-refractivity contribution in [3.05, 3.63) is 58.6 Å². The molecule has 2 aromatic carbocycles. The van der Waals surface area contributed by atoms with Gasteiger partial charge in [0, 0.05) is 15.7 Å². The molecule has 2 aromatic rings. The smallest absolute Gasteiger partial charge is 0.339 e. The van der Waals surface area contributed by atoms with Crippen LogP contribution in [-0.2, 0) is 0 Å². The minimum Gasteiger partial charge on any atom is -0.496 e. The number of hydrogen-bond donors (Lipinski definition) is 2. The highest BCUT2D eigenvalue weighted by Gasteiger charge is 2.02. The van der Waals surface area contributed by atoms with Crippen molar-refractivity contribution < 1.29 is 9.53 Å². The van der Waals surface area contributed by atoms with Crippen molar-refractivity contribution in [2.45, 2.75) is 0 Å². The zero-order valence-corrected chi connectivity index (χ0v) is 12.9. The zero-order valence-electron chi connectivity index (χ0n) is 11.3. The molecule has 108 valence electrons. The second-order valence-corrected chi connectivity index (χ2v) is 4.99. The van der Waals surface area contributed by atoms with E-state index in [0.717, 1.165) is 10.0 Å². The van der Waals surface area contributed by atoms with E-state index in [1.807, 2.05) is 36.4 Å². The number of nitrogens with one attached hydrogen (secondary N) is 2. The fraction of sp³-hybridized carbons (Fsp3) is 0.0667. The molecule has 0 bridgehead atoms. The number of carbonyl (C=O) groups is 1. The monoisotopic (exact) mass is 347 g/mol. The first kappa shape index (κ1) is 15.1. The number of rotatable bonds is 4. The molecule has 0 aromatic heterocycles. The van der Waals surface area contributed by atoms with Gasteiger partial charge in [0.1, 0.15) is 5.75 Å². The molecule has 0 saturated heterocycles. The maximum absolute atomic E-state index is 11.6. The molecule has 0 aliphatic carbocycles. The first-order valence-electron chi connectivity index (χ1n) is 6.17. The van der Waals surface area contributed by atoms with Crippen LogP contribution < -0.4 is 15.5 Å². The maximum atomic E-state index is 11.6. The summed E-state index contributed by atoms with van der Waals surface area (Å²) >= 11 is 3.37. The Kier molecular flexibility index (Phi) is 5.34. The van der Waals surface area contributed by atoms with Gasteiger partial charge in [-0.2, -0.15) is 5.10 Å². The van der Waals surface area contributed by atoms with E-state index < -0.39 is 6.03 Å². The number of hydrogen-bond acceptors (Lipinski definition) is 3. The number of carbonyl (C=O) groups excluding carboxylic acids is 1. The SMILES string of the molecule is COc1ccc(Br)cc1/C=N/NC(=O)Nc1ccccc1. The molecule has 6 heteroatoms. The molecular formula is C15H14BrN3O2. The number of anilines is 1. The van der Waals surface area contributed by atoms with E-state index in [9.17, 15) is 4.79 Å². The van der Waals surface area contributed by atoms with Crippen LogP contribution in [0.3, 0.4) is 0 Å². The van der Waals surface area contributed by atoms with Crippen molar-refractivity contribution >= 4 is 33.9 Å². The Morgan fingerprint density at radius 2 is 2.00 bits per heavy atom. The van der Waals surface area contributed by atoms with Crippen LogP contribution >= 0.6 is 15.9 Å². The Labute approximate surface area is 131 Å². The molecule has 0 spiro atoms. The molecular weight excluding hydrogens is 334 g/mol. The van der Waals surface area contributed by atoms with Crippen molar-refractivity contribution in [3.63, 3.8) is 0 Å². The van der Waals surface area contributed by atoms with Gasteiger partial charge in [-0.05, 0) is 30.3 Å². The summed E-state index contributed by atoms with van der Waals surface area (Å²) < 4.78 is 6.11. The zero-order chi connectivity index (χ0) is 15.1. The van der Waals surface area contributed by atoms with Gasteiger partial charge in [-0.3, -0.25) is 0 Å². The van der Waals surface area contributed by atoms with Crippen LogP contribution in [0.5, 0.6) is 5.75 Å². The van der Waals surface area contributed by atoms with Crippen LogP contribution in [0.15, 0.2) is 58.1 Å². The lowest BCUT2D eigenvalue weighted by atomic mass is 10.2. The largest absolute Gasteiger partial charge is 0.496 e. The molecule has 21 heavy (non-hydrogen) atoms. The molecule has 5 nitrogen and oxygen atoms in total. The molecule has 0 aliphatic rings. The summed E-state index contributed by atoms with van der Waals surface area (Å²) in [5.74, 6) is 0.673. The lowest BCUT2D eigenvalue weighted by Gasteiger charge is -2.05. The maximum Gasteiger partial charge on any atom is 0.339 e. The minimum atomic E-state index is -0.411. The van der Waals surface area contributed by atoms with E-state index in [0.29, 0.717) is 11.4 Å². The highest BCUT2D eigenvalue weighted by molar-refractivity contribution is 9.10. The molecule has 0 heterocycles. The highest BCUT2D eigenvalue weighted by Crippen LogP contribution is 2.21. The Balaban J connectivity index is 1.96. The van der Waals surface area contributed by atoms with Gasteiger partial charge in [0.05, 0.1) is 13.3 Å². The number of methoxy groups -OCH3 is 1. The van der Waals surface area contributed by atoms with Gasteiger partial charge < -0.3 is 10.1 Å². The average molecular weight is 348 g/mol. The standard InChI is InChI=1S/C15H14BrN3O2/c1-21-14-8-7-12(16)9-11(14)10-17-19-15(20)18-13-5-3-2-4-6-13/h2-10H,1H3,(H2,18,19,20)/b17-10+. The van der Waals surface area contributed by atoms with E-state index in [2.05, 4.69) is 31.8 Å². The Bertz CT molecular complexity index is 645. The summed E-state index contributed by atoms with van der Waals surface area (Å²) in [6, 6.07) is 14.3. The molecule has 0 aliphatic heterocycles. The van der Waals surface area contributed by atoms with Crippen LogP contribution in [0, 0.1) is 0 Å². The van der Waals surface area contributed by atoms with Gasteiger partial charge in [0.15, 0.2) is 0 Å². The number of urea groups is 1. The van der Waals surface area contributed by atoms with Crippen molar-refractivity contribution in [3.8, 4) is 5.75 Å². The molecule has 0 radical (unpaired) electrons. The third-order valence-corrected chi connectivity index (χ3v) is 3.09. The third-order valence-electron chi connectivity index (χ3n) is 2.59. The van der Waals surface area contributed by atoms with Crippen LogP contribution in [0.4, 0.5) is 10.5 Å². The number of amides is 2. The second-order valence-electron chi connectivity index (χ2n) is 4.08. The fourth-order valence-electron chi connectivity index (χ4n) is 1.65. The Morgan fingerprint density at radius 1 is 1.24 bits per heavy atom. The first-order valence-corrected chi connectivity index (χ1v) is 6.97. The lowest BCUT2D eigenvalue weighted by Crippen LogP contribution is -2.24. The van der Waals surface area contributed by atoms with Crippen molar-refractivity contribution in [1.82, 2.24) is 5.43 Å². The summed E-state index contributed by atoms with van der Waals surface area (Å²) in [6.07, 6.45) is 1.52. The summed E-state index contributed by atoms with van der Waals surface area (Å²) in [7, 11) is 1.58. The number of nitrogens with zero attached hydrogens (tertiary/aromatic N) is 1. The predicted octanol–water partition coefficient (Wildman–Crippen LogP) is 3.61.